The minimum atomic E-state index is 0.707. The van der Waals surface area contributed by atoms with Crippen LogP contribution in [0.15, 0.2) is 67.5 Å². The third-order valence-corrected chi connectivity index (χ3v) is 5.13. The number of pyridine rings is 2. The van der Waals surface area contributed by atoms with Gasteiger partial charge in [0.15, 0.2) is 0 Å². The van der Waals surface area contributed by atoms with Crippen LogP contribution < -0.4 is 10.1 Å². The van der Waals surface area contributed by atoms with Crippen molar-refractivity contribution in [1.29, 1.82) is 0 Å². The number of methoxy groups -OCH3 is 1. The van der Waals surface area contributed by atoms with Gasteiger partial charge in [0.2, 0.25) is 0 Å². The fourth-order valence-electron chi connectivity index (χ4n) is 3.59. The zero-order valence-electron chi connectivity index (χ0n) is 17.4. The Bertz CT molecular complexity index is 1390. The lowest BCUT2D eigenvalue weighted by Crippen LogP contribution is -1.97. The van der Waals surface area contributed by atoms with Crippen LogP contribution in [0.25, 0.3) is 33.2 Å². The van der Waals surface area contributed by atoms with Crippen molar-refractivity contribution in [2.75, 3.05) is 12.4 Å². The highest BCUT2D eigenvalue weighted by atomic mass is 16.5. The van der Waals surface area contributed by atoms with Crippen LogP contribution in [0.3, 0.4) is 0 Å². The number of ether oxygens (including phenoxy) is 1. The summed E-state index contributed by atoms with van der Waals surface area (Å²) in [4.78, 5) is 9.15. The number of fused-ring (bicyclic) bond motifs is 1. The highest BCUT2D eigenvalue weighted by Gasteiger charge is 2.11. The molecule has 0 fully saturated rings. The van der Waals surface area contributed by atoms with Crippen LogP contribution >= 0.6 is 0 Å². The lowest BCUT2D eigenvalue weighted by molar-refractivity contribution is 0.417. The van der Waals surface area contributed by atoms with E-state index < -0.39 is 0 Å². The SMILES string of the molecule is COc1cc(-c2cnn(C)c2)ccc1Nc1cc2c(-c3cnn(C)c3)nccc2cn1. The molecule has 31 heavy (non-hydrogen) atoms. The summed E-state index contributed by atoms with van der Waals surface area (Å²) in [5.74, 6) is 1.43. The van der Waals surface area contributed by atoms with Gasteiger partial charge in [0.25, 0.3) is 0 Å². The van der Waals surface area contributed by atoms with Crippen LogP contribution in [-0.2, 0) is 14.1 Å². The molecule has 0 saturated carbocycles. The molecule has 4 aromatic heterocycles. The third-order valence-electron chi connectivity index (χ3n) is 5.13. The fraction of sp³-hybridized carbons (Fsp3) is 0.130. The third kappa shape index (κ3) is 3.59. The van der Waals surface area contributed by atoms with Crippen molar-refractivity contribution in [2.45, 2.75) is 0 Å². The van der Waals surface area contributed by atoms with E-state index in [9.17, 15) is 0 Å². The molecule has 0 bridgehead atoms. The number of aryl methyl sites for hydroxylation is 2. The van der Waals surface area contributed by atoms with Crippen molar-refractivity contribution in [3.8, 4) is 28.1 Å². The first-order chi connectivity index (χ1) is 15.1. The molecule has 1 N–H and O–H groups in total. The number of nitrogens with zero attached hydrogens (tertiary/aromatic N) is 6. The van der Waals surface area contributed by atoms with Gasteiger partial charge in [-0.1, -0.05) is 6.07 Å². The predicted molar refractivity (Wildman–Crippen MR) is 120 cm³/mol. The van der Waals surface area contributed by atoms with Gasteiger partial charge in [0.1, 0.15) is 11.6 Å². The normalized spacial score (nSPS) is 11.1. The lowest BCUT2D eigenvalue weighted by atomic mass is 10.1. The summed E-state index contributed by atoms with van der Waals surface area (Å²) in [6.07, 6.45) is 11.2. The molecule has 1 aromatic carbocycles. The van der Waals surface area contributed by atoms with Gasteiger partial charge in [-0.3, -0.25) is 14.3 Å². The van der Waals surface area contributed by atoms with E-state index in [0.29, 0.717) is 5.82 Å². The van der Waals surface area contributed by atoms with Gasteiger partial charge in [0, 0.05) is 60.8 Å². The maximum atomic E-state index is 5.63. The van der Waals surface area contributed by atoms with E-state index >= 15 is 0 Å². The molecule has 0 atom stereocenters. The molecule has 0 aliphatic carbocycles. The van der Waals surface area contributed by atoms with Gasteiger partial charge >= 0.3 is 0 Å². The van der Waals surface area contributed by atoms with Crippen molar-refractivity contribution >= 4 is 22.3 Å². The summed E-state index contributed by atoms with van der Waals surface area (Å²) in [5, 5.41) is 13.9. The molecular formula is C23H21N7O. The van der Waals surface area contributed by atoms with Gasteiger partial charge in [-0.25, -0.2) is 4.98 Å². The Morgan fingerprint density at radius 3 is 2.32 bits per heavy atom. The summed E-state index contributed by atoms with van der Waals surface area (Å²) in [6.45, 7) is 0. The molecule has 0 spiro atoms. The predicted octanol–water partition coefficient (Wildman–Crippen LogP) is 4.18. The van der Waals surface area contributed by atoms with Crippen LogP contribution in [-0.4, -0.2) is 36.6 Å². The second-order valence-electron chi connectivity index (χ2n) is 7.30. The largest absolute Gasteiger partial charge is 0.495 e. The topological polar surface area (TPSA) is 82.7 Å². The van der Waals surface area contributed by atoms with E-state index in [1.165, 1.54) is 0 Å². The maximum Gasteiger partial charge on any atom is 0.142 e. The summed E-state index contributed by atoms with van der Waals surface area (Å²) >= 11 is 0. The average molecular weight is 411 g/mol. The Morgan fingerprint density at radius 2 is 1.61 bits per heavy atom. The molecule has 0 saturated heterocycles. The van der Waals surface area contributed by atoms with Gasteiger partial charge in [-0.05, 0) is 29.8 Å². The first-order valence-electron chi connectivity index (χ1n) is 9.78. The molecular weight excluding hydrogens is 390 g/mol. The number of rotatable bonds is 5. The van der Waals surface area contributed by atoms with Crippen molar-refractivity contribution in [3.05, 3.63) is 67.5 Å². The van der Waals surface area contributed by atoms with Gasteiger partial charge in [-0.2, -0.15) is 10.2 Å². The Labute approximate surface area is 179 Å². The Morgan fingerprint density at radius 1 is 0.839 bits per heavy atom. The van der Waals surface area contributed by atoms with Crippen LogP contribution in [0, 0.1) is 0 Å². The van der Waals surface area contributed by atoms with Crippen molar-refractivity contribution in [2.24, 2.45) is 14.1 Å². The van der Waals surface area contributed by atoms with Crippen molar-refractivity contribution < 1.29 is 4.74 Å². The fourth-order valence-corrected chi connectivity index (χ4v) is 3.59. The maximum absolute atomic E-state index is 5.63. The number of hydrogen-bond donors (Lipinski definition) is 1. The van der Waals surface area contributed by atoms with Gasteiger partial charge < -0.3 is 10.1 Å². The number of nitrogens with one attached hydrogen (secondary N) is 1. The van der Waals surface area contributed by atoms with Gasteiger partial charge in [0.05, 0.1) is 30.9 Å². The van der Waals surface area contributed by atoms with Crippen LogP contribution in [0.4, 0.5) is 11.5 Å². The molecule has 0 unspecified atom stereocenters. The summed E-state index contributed by atoms with van der Waals surface area (Å²) < 4.78 is 9.18. The van der Waals surface area contributed by atoms with E-state index in [4.69, 9.17) is 4.74 Å². The molecule has 5 aromatic rings. The minimum Gasteiger partial charge on any atom is -0.495 e. The number of anilines is 2. The second-order valence-corrected chi connectivity index (χ2v) is 7.30. The minimum absolute atomic E-state index is 0.707. The van der Waals surface area contributed by atoms with Crippen molar-refractivity contribution in [3.63, 3.8) is 0 Å². The summed E-state index contributed by atoms with van der Waals surface area (Å²) in [5.41, 5.74) is 4.72. The number of hydrogen-bond acceptors (Lipinski definition) is 6. The second kappa shape index (κ2) is 7.56. The van der Waals surface area contributed by atoms with Crippen molar-refractivity contribution in [1.82, 2.24) is 29.5 Å². The molecule has 154 valence electrons. The molecule has 8 nitrogen and oxygen atoms in total. The zero-order valence-corrected chi connectivity index (χ0v) is 17.4. The van der Waals surface area contributed by atoms with E-state index in [-0.39, 0.29) is 0 Å². The Kier molecular flexibility index (Phi) is 4.59. The monoisotopic (exact) mass is 411 g/mol. The van der Waals surface area contributed by atoms with Gasteiger partial charge in [-0.15, -0.1) is 0 Å². The Hall–Kier alpha value is -4.20. The first-order valence-corrected chi connectivity index (χ1v) is 9.78. The molecule has 5 rings (SSSR count). The molecule has 8 heteroatoms. The van der Waals surface area contributed by atoms with E-state index in [2.05, 4.69) is 25.5 Å². The van der Waals surface area contributed by atoms with Crippen LogP contribution in [0.5, 0.6) is 5.75 Å². The number of aromatic nitrogens is 6. The summed E-state index contributed by atoms with van der Waals surface area (Å²) in [6, 6.07) is 9.96. The molecule has 0 radical (unpaired) electrons. The average Bonchev–Trinajstić information content (AvgIpc) is 3.42. The zero-order chi connectivity index (χ0) is 21.4. The first kappa shape index (κ1) is 18.8. The molecule has 4 heterocycles. The highest BCUT2D eigenvalue weighted by molar-refractivity contribution is 5.95. The highest BCUT2D eigenvalue weighted by Crippen LogP contribution is 2.33. The standard InChI is InChI=1S/C23H21N7O/c1-29-13-17(11-26-29)15-4-5-20(21(8-15)31-3)28-22-9-19-16(10-25-22)6-7-24-23(19)18-12-27-30(2)14-18/h4-14H,1-3H3,(H,25,28). The quantitative estimate of drug-likeness (QED) is 0.467. The summed E-state index contributed by atoms with van der Waals surface area (Å²) in [7, 11) is 5.45. The van der Waals surface area contributed by atoms with E-state index in [0.717, 1.165) is 44.6 Å². The van der Waals surface area contributed by atoms with E-state index in [1.807, 2.05) is 75.4 Å². The number of benzene rings is 1. The smallest absolute Gasteiger partial charge is 0.142 e. The molecule has 0 aliphatic rings. The van der Waals surface area contributed by atoms with E-state index in [1.54, 1.807) is 22.7 Å². The Balaban J connectivity index is 1.52. The van der Waals surface area contributed by atoms with Crippen LogP contribution in [0.2, 0.25) is 0 Å². The van der Waals surface area contributed by atoms with Crippen LogP contribution in [0.1, 0.15) is 0 Å². The molecule has 0 aliphatic heterocycles. The lowest BCUT2D eigenvalue weighted by Gasteiger charge is -2.13. The molecule has 0 amide bonds.